The van der Waals surface area contributed by atoms with E-state index in [1.807, 2.05) is 66.9 Å². The fourth-order valence-corrected chi connectivity index (χ4v) is 4.08. The van der Waals surface area contributed by atoms with Crippen LogP contribution in [0.5, 0.6) is 5.75 Å². The van der Waals surface area contributed by atoms with Gasteiger partial charge in [-0.2, -0.15) is 4.57 Å². The molecule has 4 aromatic rings. The number of aromatic nitrogens is 2. The maximum Gasteiger partial charge on any atom is 0.359 e. The van der Waals surface area contributed by atoms with E-state index < -0.39 is 0 Å². The lowest BCUT2D eigenvalue weighted by Gasteiger charge is -2.08. The second-order valence-electron chi connectivity index (χ2n) is 7.91. The predicted octanol–water partition coefficient (Wildman–Crippen LogP) is 4.31. The van der Waals surface area contributed by atoms with Gasteiger partial charge in [-0.15, -0.1) is 0 Å². The smallest absolute Gasteiger partial charge is 0.359 e. The maximum absolute atomic E-state index is 13.3. The topological polar surface area (TPSA) is 55.1 Å². The van der Waals surface area contributed by atoms with Crippen LogP contribution in [0.25, 0.3) is 11.3 Å². The highest BCUT2D eigenvalue weighted by Crippen LogP contribution is 2.26. The molecule has 0 saturated heterocycles. The molecule has 158 valence electrons. The number of benzene rings is 3. The van der Waals surface area contributed by atoms with Crippen LogP contribution in [0.15, 0.2) is 91.1 Å². The first-order valence-electron chi connectivity index (χ1n) is 10.7. The van der Waals surface area contributed by atoms with Gasteiger partial charge in [-0.3, -0.25) is 5.32 Å². The van der Waals surface area contributed by atoms with Crippen LogP contribution in [0, 0.1) is 0 Å². The lowest BCUT2D eigenvalue weighted by Crippen LogP contribution is -2.44. The predicted molar refractivity (Wildman–Crippen MR) is 124 cm³/mol. The van der Waals surface area contributed by atoms with Crippen molar-refractivity contribution in [1.82, 2.24) is 4.98 Å². The van der Waals surface area contributed by atoms with Crippen molar-refractivity contribution in [3.8, 4) is 17.0 Å². The van der Waals surface area contributed by atoms with E-state index in [9.17, 15) is 4.79 Å². The van der Waals surface area contributed by atoms with Gasteiger partial charge in [-0.25, -0.2) is 9.78 Å². The van der Waals surface area contributed by atoms with Crippen molar-refractivity contribution in [2.24, 2.45) is 0 Å². The number of fused-ring (bicyclic) bond motifs is 1. The van der Waals surface area contributed by atoms with Crippen molar-refractivity contribution in [2.45, 2.75) is 18.9 Å². The zero-order valence-corrected chi connectivity index (χ0v) is 17.9. The van der Waals surface area contributed by atoms with Gasteiger partial charge in [0, 0.05) is 18.4 Å². The number of anilines is 1. The molecule has 2 heterocycles. The molecule has 5 nitrogen and oxygen atoms in total. The Morgan fingerprint density at radius 3 is 2.22 bits per heavy atom. The van der Waals surface area contributed by atoms with E-state index in [0.717, 1.165) is 39.6 Å². The summed E-state index contributed by atoms with van der Waals surface area (Å²) in [5.74, 6) is 1.60. The number of carbonyl (C=O) groups is 1. The zero-order chi connectivity index (χ0) is 21.9. The lowest BCUT2D eigenvalue weighted by molar-refractivity contribution is -0.552. The SMILES string of the molecule is COc1ccc(-c2c[n+]3c(c(Cc4ccccc4)n2)NC(Cc2ccccc2)C3=O)cc1. The van der Waals surface area contributed by atoms with Crippen molar-refractivity contribution in [1.29, 1.82) is 0 Å². The molecule has 1 aliphatic heterocycles. The van der Waals surface area contributed by atoms with Crippen molar-refractivity contribution < 1.29 is 14.1 Å². The van der Waals surface area contributed by atoms with Crippen LogP contribution in [0.4, 0.5) is 5.82 Å². The fraction of sp³-hybridized carbons (Fsp3) is 0.148. The van der Waals surface area contributed by atoms with Gasteiger partial charge in [0.1, 0.15) is 23.3 Å². The maximum atomic E-state index is 13.3. The minimum atomic E-state index is -0.320. The highest BCUT2D eigenvalue weighted by atomic mass is 16.5. The molecule has 0 saturated carbocycles. The summed E-state index contributed by atoms with van der Waals surface area (Å²) >= 11 is 0. The molecule has 1 unspecified atom stereocenters. The number of methoxy groups -OCH3 is 1. The second-order valence-corrected chi connectivity index (χ2v) is 7.91. The molecular weight excluding hydrogens is 398 g/mol. The van der Waals surface area contributed by atoms with Crippen LogP contribution < -0.4 is 14.6 Å². The van der Waals surface area contributed by atoms with Gasteiger partial charge in [0.05, 0.1) is 7.11 Å². The Hall–Kier alpha value is -3.99. The van der Waals surface area contributed by atoms with Gasteiger partial charge in [-0.1, -0.05) is 60.7 Å². The molecule has 0 bridgehead atoms. The van der Waals surface area contributed by atoms with E-state index >= 15 is 0 Å². The van der Waals surface area contributed by atoms with Crippen LogP contribution >= 0.6 is 0 Å². The van der Waals surface area contributed by atoms with Crippen molar-refractivity contribution >= 4 is 11.7 Å². The van der Waals surface area contributed by atoms with Crippen LogP contribution in [0.1, 0.15) is 21.6 Å². The van der Waals surface area contributed by atoms with Crippen molar-refractivity contribution in [3.63, 3.8) is 0 Å². The lowest BCUT2D eigenvalue weighted by atomic mass is 10.1. The molecule has 1 atom stereocenters. The number of hydrogen-bond donors (Lipinski definition) is 1. The summed E-state index contributed by atoms with van der Waals surface area (Å²) < 4.78 is 7.01. The number of nitrogens with one attached hydrogen (secondary N) is 1. The minimum Gasteiger partial charge on any atom is -0.497 e. The molecule has 5 heteroatoms. The monoisotopic (exact) mass is 422 g/mol. The molecule has 3 aromatic carbocycles. The molecule has 0 fully saturated rings. The highest BCUT2D eigenvalue weighted by Gasteiger charge is 2.41. The first-order valence-corrected chi connectivity index (χ1v) is 10.7. The van der Waals surface area contributed by atoms with Gasteiger partial charge in [0.15, 0.2) is 6.04 Å². The number of carbonyl (C=O) groups excluding carboxylic acids is 1. The molecule has 0 amide bonds. The average Bonchev–Trinajstić information content (AvgIpc) is 3.16. The van der Waals surface area contributed by atoms with Crippen LogP contribution in [0.3, 0.4) is 0 Å². The average molecular weight is 423 g/mol. The van der Waals surface area contributed by atoms with Gasteiger partial charge < -0.3 is 4.74 Å². The Labute approximate surface area is 187 Å². The first-order chi connectivity index (χ1) is 15.7. The molecule has 32 heavy (non-hydrogen) atoms. The summed E-state index contributed by atoms with van der Waals surface area (Å²) in [5, 5.41) is 3.45. The number of hydrogen-bond acceptors (Lipinski definition) is 4. The normalized spacial score (nSPS) is 14.7. The van der Waals surface area contributed by atoms with E-state index in [0.29, 0.717) is 12.8 Å². The first kappa shape index (κ1) is 19.9. The third-order valence-corrected chi connectivity index (χ3v) is 5.75. The summed E-state index contributed by atoms with van der Waals surface area (Å²) in [6.07, 6.45) is 3.11. The van der Waals surface area contributed by atoms with E-state index in [-0.39, 0.29) is 11.9 Å². The Bertz CT molecular complexity index is 1240. The van der Waals surface area contributed by atoms with E-state index in [2.05, 4.69) is 29.6 Å². The third kappa shape index (κ3) is 3.97. The van der Waals surface area contributed by atoms with E-state index in [1.165, 1.54) is 0 Å². The number of nitrogens with zero attached hydrogens (tertiary/aromatic N) is 2. The molecule has 0 radical (unpaired) electrons. The summed E-state index contributed by atoms with van der Waals surface area (Å²) in [6, 6.07) is 27.7. The Balaban J connectivity index is 1.54. The standard InChI is InChI=1S/C27H23N3O2/c1-32-22-14-12-21(13-15-22)25-18-30-26(23(28-25)16-19-8-4-2-5-9-19)29-24(27(30)31)17-20-10-6-3-7-11-20/h2-15,18,24H,16-17H2,1H3/p+1. The summed E-state index contributed by atoms with van der Waals surface area (Å²) in [4.78, 5) is 18.3. The zero-order valence-electron chi connectivity index (χ0n) is 17.9. The van der Waals surface area contributed by atoms with Crippen molar-refractivity contribution in [3.05, 3.63) is 108 Å². The second kappa shape index (κ2) is 8.63. The van der Waals surface area contributed by atoms with Gasteiger partial charge in [0.25, 0.3) is 0 Å². The number of ether oxygens (including phenoxy) is 1. The molecule has 0 aliphatic carbocycles. The molecule has 5 rings (SSSR count). The summed E-state index contributed by atoms with van der Waals surface area (Å²) in [7, 11) is 1.65. The summed E-state index contributed by atoms with van der Waals surface area (Å²) in [6.45, 7) is 0. The van der Waals surface area contributed by atoms with Crippen LogP contribution in [0.2, 0.25) is 0 Å². The van der Waals surface area contributed by atoms with Crippen molar-refractivity contribution in [2.75, 3.05) is 12.4 Å². The third-order valence-electron chi connectivity index (χ3n) is 5.75. The Morgan fingerprint density at radius 1 is 0.906 bits per heavy atom. The molecule has 1 N–H and O–H groups in total. The Kier molecular flexibility index (Phi) is 5.38. The minimum absolute atomic E-state index is 0.0373. The van der Waals surface area contributed by atoms with Gasteiger partial charge >= 0.3 is 11.7 Å². The largest absolute Gasteiger partial charge is 0.497 e. The van der Waals surface area contributed by atoms with Crippen LogP contribution in [-0.4, -0.2) is 24.0 Å². The molecule has 0 spiro atoms. The van der Waals surface area contributed by atoms with Gasteiger partial charge in [-0.05, 0) is 35.4 Å². The summed E-state index contributed by atoms with van der Waals surface area (Å²) in [5.41, 5.74) is 4.83. The highest BCUT2D eigenvalue weighted by molar-refractivity contribution is 5.82. The van der Waals surface area contributed by atoms with E-state index in [1.54, 1.807) is 11.7 Å². The Morgan fingerprint density at radius 2 is 1.56 bits per heavy atom. The van der Waals surface area contributed by atoms with Crippen LogP contribution in [-0.2, 0) is 12.8 Å². The molecule has 1 aromatic heterocycles. The van der Waals surface area contributed by atoms with E-state index in [4.69, 9.17) is 9.72 Å². The quantitative estimate of drug-likeness (QED) is 0.471. The fourth-order valence-electron chi connectivity index (χ4n) is 4.08. The molecular formula is C27H24N3O2+. The van der Waals surface area contributed by atoms with Gasteiger partial charge in [0.2, 0.25) is 0 Å². The number of rotatable bonds is 6. The molecule has 1 aliphatic rings.